The molecule has 0 atom stereocenters. The summed E-state index contributed by atoms with van der Waals surface area (Å²) in [6.45, 7) is 0. The summed E-state index contributed by atoms with van der Waals surface area (Å²) in [5.74, 6) is -1.43. The molecule has 0 unspecified atom stereocenters. The topological polar surface area (TPSA) is 68.5 Å². The van der Waals surface area contributed by atoms with Crippen LogP contribution < -0.4 is 4.84 Å². The molecule has 0 aliphatic carbocycles. The van der Waals surface area contributed by atoms with E-state index < -0.39 is 11.9 Å². The van der Waals surface area contributed by atoms with Crippen LogP contribution in [-0.4, -0.2) is 21.8 Å². The summed E-state index contributed by atoms with van der Waals surface area (Å²) >= 11 is 0. The van der Waals surface area contributed by atoms with Crippen molar-refractivity contribution >= 4 is 22.8 Å². The third kappa shape index (κ3) is 2.69. The lowest BCUT2D eigenvalue weighted by Gasteiger charge is -2.05. The molecule has 5 heteroatoms. The van der Waals surface area contributed by atoms with E-state index in [0.717, 1.165) is 5.39 Å². The van der Waals surface area contributed by atoms with Gasteiger partial charge in [-0.05, 0) is 23.8 Å². The number of nitrogens with zero attached hydrogens (tertiary/aromatic N) is 1. The molecule has 22 heavy (non-hydrogen) atoms. The Balaban J connectivity index is 1.97. The lowest BCUT2D eigenvalue weighted by molar-refractivity contribution is -0.136. The van der Waals surface area contributed by atoms with Crippen LogP contribution in [-0.2, 0) is 11.2 Å². The first-order chi connectivity index (χ1) is 10.6. The Labute approximate surface area is 126 Å². The molecule has 0 radical (unpaired) electrons. The molecule has 3 rings (SSSR count). The Morgan fingerprint density at radius 3 is 2.41 bits per heavy atom. The minimum absolute atomic E-state index is 0.129. The Bertz CT molecular complexity index is 836. The third-order valence-electron chi connectivity index (χ3n) is 3.29. The van der Waals surface area contributed by atoms with Crippen molar-refractivity contribution in [3.8, 4) is 0 Å². The van der Waals surface area contributed by atoms with Crippen LogP contribution in [0.1, 0.15) is 15.9 Å². The Morgan fingerprint density at radius 1 is 1.00 bits per heavy atom. The van der Waals surface area contributed by atoms with Crippen molar-refractivity contribution in [2.45, 2.75) is 6.42 Å². The molecule has 5 nitrogen and oxygen atoms in total. The summed E-state index contributed by atoms with van der Waals surface area (Å²) in [6, 6.07) is 15.8. The minimum atomic E-state index is -0.933. The lowest BCUT2D eigenvalue weighted by Crippen LogP contribution is -2.18. The fourth-order valence-corrected chi connectivity index (χ4v) is 2.31. The number of para-hydroxylation sites is 1. The van der Waals surface area contributed by atoms with Gasteiger partial charge in [0.15, 0.2) is 0 Å². The van der Waals surface area contributed by atoms with E-state index in [4.69, 9.17) is 9.94 Å². The number of aromatic nitrogens is 1. The van der Waals surface area contributed by atoms with E-state index in [2.05, 4.69) is 0 Å². The molecule has 110 valence electrons. The van der Waals surface area contributed by atoms with Crippen molar-refractivity contribution in [2.75, 3.05) is 0 Å². The predicted octanol–water partition coefficient (Wildman–Crippen LogP) is 2.54. The number of carbonyl (C=O) groups excluding carboxylic acids is 1. The van der Waals surface area contributed by atoms with Gasteiger partial charge in [-0.25, -0.2) is 4.79 Å². The fraction of sp³-hybridized carbons (Fsp3) is 0.0588. The normalized spacial score (nSPS) is 10.5. The number of carboxylic acid groups (broad SMARTS) is 1. The summed E-state index contributed by atoms with van der Waals surface area (Å²) in [6.07, 6.45) is 1.41. The number of benzene rings is 2. The Kier molecular flexibility index (Phi) is 3.62. The highest BCUT2D eigenvalue weighted by Gasteiger charge is 2.14. The maximum absolute atomic E-state index is 12.1. The average molecular weight is 295 g/mol. The van der Waals surface area contributed by atoms with Crippen LogP contribution >= 0.6 is 0 Å². The van der Waals surface area contributed by atoms with Gasteiger partial charge >= 0.3 is 11.9 Å². The van der Waals surface area contributed by atoms with Gasteiger partial charge < -0.3 is 9.94 Å². The van der Waals surface area contributed by atoms with E-state index in [-0.39, 0.29) is 6.42 Å². The van der Waals surface area contributed by atoms with Gasteiger partial charge in [-0.3, -0.25) is 4.79 Å². The first kappa shape index (κ1) is 13.9. The van der Waals surface area contributed by atoms with Crippen molar-refractivity contribution in [1.82, 2.24) is 4.73 Å². The van der Waals surface area contributed by atoms with Gasteiger partial charge in [-0.1, -0.05) is 36.4 Å². The van der Waals surface area contributed by atoms with Gasteiger partial charge in [0.05, 0.1) is 17.5 Å². The lowest BCUT2D eigenvalue weighted by atomic mass is 10.1. The molecule has 2 aromatic carbocycles. The summed E-state index contributed by atoms with van der Waals surface area (Å²) in [5.41, 5.74) is 1.69. The molecule has 0 aliphatic rings. The van der Waals surface area contributed by atoms with E-state index in [0.29, 0.717) is 16.6 Å². The number of fused-ring (bicyclic) bond motifs is 1. The molecule has 0 amide bonds. The van der Waals surface area contributed by atoms with Crippen LogP contribution in [0.25, 0.3) is 10.9 Å². The third-order valence-corrected chi connectivity index (χ3v) is 3.29. The molecular formula is C17H13NO4. The second-order valence-corrected chi connectivity index (χ2v) is 4.81. The first-order valence-electron chi connectivity index (χ1n) is 6.73. The molecule has 3 aromatic rings. The van der Waals surface area contributed by atoms with Crippen LogP contribution in [0.15, 0.2) is 60.8 Å². The molecule has 0 saturated carbocycles. The van der Waals surface area contributed by atoms with Crippen LogP contribution in [0.5, 0.6) is 0 Å². The van der Waals surface area contributed by atoms with Gasteiger partial charge in [0.25, 0.3) is 0 Å². The number of rotatable bonds is 4. The average Bonchev–Trinajstić information content (AvgIpc) is 2.86. The highest BCUT2D eigenvalue weighted by molar-refractivity contribution is 5.91. The van der Waals surface area contributed by atoms with Crippen LogP contribution in [0.4, 0.5) is 0 Å². The summed E-state index contributed by atoms with van der Waals surface area (Å²) in [4.78, 5) is 28.4. The maximum Gasteiger partial charge on any atom is 0.363 e. The van der Waals surface area contributed by atoms with Gasteiger partial charge in [-0.2, -0.15) is 4.73 Å². The van der Waals surface area contributed by atoms with Gasteiger partial charge in [0, 0.05) is 11.6 Å². The maximum atomic E-state index is 12.1. The first-order valence-corrected chi connectivity index (χ1v) is 6.73. The van der Waals surface area contributed by atoms with Crippen molar-refractivity contribution in [3.63, 3.8) is 0 Å². The summed E-state index contributed by atoms with van der Waals surface area (Å²) in [5, 5.41) is 9.73. The highest BCUT2D eigenvalue weighted by atomic mass is 16.7. The largest absolute Gasteiger partial charge is 0.481 e. The Hall–Kier alpha value is -3.08. The standard InChI is InChI=1S/C17H13NO4/c19-16(20)10-13-11-18(15-9-5-4-8-14(13)15)22-17(21)12-6-2-1-3-7-12/h1-9,11H,10H2,(H,19,20). The number of carbonyl (C=O) groups is 2. The zero-order valence-corrected chi connectivity index (χ0v) is 11.6. The number of aliphatic carboxylic acids is 1. The molecule has 0 aliphatic heterocycles. The zero-order chi connectivity index (χ0) is 15.5. The molecule has 0 spiro atoms. The SMILES string of the molecule is O=C(O)Cc1cn(OC(=O)c2ccccc2)c2ccccc12. The molecule has 1 heterocycles. The van der Waals surface area contributed by atoms with Crippen LogP contribution in [0.2, 0.25) is 0 Å². The van der Waals surface area contributed by atoms with Crippen molar-refractivity contribution in [3.05, 3.63) is 71.9 Å². The van der Waals surface area contributed by atoms with Crippen molar-refractivity contribution in [1.29, 1.82) is 0 Å². The van der Waals surface area contributed by atoms with Crippen LogP contribution in [0.3, 0.4) is 0 Å². The van der Waals surface area contributed by atoms with Gasteiger partial charge in [0.1, 0.15) is 0 Å². The minimum Gasteiger partial charge on any atom is -0.481 e. The number of hydrogen-bond acceptors (Lipinski definition) is 3. The second-order valence-electron chi connectivity index (χ2n) is 4.81. The summed E-state index contributed by atoms with van der Waals surface area (Å²) < 4.78 is 1.32. The monoisotopic (exact) mass is 295 g/mol. The van der Waals surface area contributed by atoms with E-state index >= 15 is 0 Å². The Morgan fingerprint density at radius 2 is 1.68 bits per heavy atom. The summed E-state index contributed by atoms with van der Waals surface area (Å²) in [7, 11) is 0. The molecular weight excluding hydrogens is 282 g/mol. The van der Waals surface area contributed by atoms with E-state index in [9.17, 15) is 9.59 Å². The molecule has 0 fully saturated rings. The van der Waals surface area contributed by atoms with Crippen molar-refractivity contribution in [2.24, 2.45) is 0 Å². The van der Waals surface area contributed by atoms with Crippen LogP contribution in [0, 0.1) is 0 Å². The smallest absolute Gasteiger partial charge is 0.363 e. The van der Waals surface area contributed by atoms with E-state index in [1.807, 2.05) is 12.1 Å². The van der Waals surface area contributed by atoms with Crippen molar-refractivity contribution < 1.29 is 19.5 Å². The quantitative estimate of drug-likeness (QED) is 0.803. The number of hydrogen-bond donors (Lipinski definition) is 1. The molecule has 0 bridgehead atoms. The highest BCUT2D eigenvalue weighted by Crippen LogP contribution is 2.21. The molecule has 1 aromatic heterocycles. The molecule has 1 N–H and O–H groups in total. The molecule has 0 saturated heterocycles. The predicted molar refractivity (Wildman–Crippen MR) is 80.6 cm³/mol. The van der Waals surface area contributed by atoms with E-state index in [1.165, 1.54) is 4.73 Å². The second kappa shape index (κ2) is 5.73. The van der Waals surface area contributed by atoms with Gasteiger partial charge in [-0.15, -0.1) is 0 Å². The number of carboxylic acids is 1. The van der Waals surface area contributed by atoms with Gasteiger partial charge in [0.2, 0.25) is 0 Å². The fourth-order valence-electron chi connectivity index (χ4n) is 2.31. The van der Waals surface area contributed by atoms with E-state index in [1.54, 1.807) is 48.7 Å². The zero-order valence-electron chi connectivity index (χ0n) is 11.6.